The summed E-state index contributed by atoms with van der Waals surface area (Å²) < 4.78 is 37.9. The second-order valence-electron chi connectivity index (χ2n) is 4.44. The molecule has 3 N–H and O–H groups in total. The number of carbonyl (C=O) groups is 2. The van der Waals surface area contributed by atoms with Crippen LogP contribution in [0.1, 0.15) is 26.3 Å². The van der Waals surface area contributed by atoms with Gasteiger partial charge in [-0.3, -0.25) is 9.59 Å². The zero-order valence-corrected chi connectivity index (χ0v) is 11.1. The molecule has 114 valence electrons. The minimum atomic E-state index is -4.54. The first-order valence-corrected chi connectivity index (χ1v) is 6.16. The summed E-state index contributed by atoms with van der Waals surface area (Å²) in [5.41, 5.74) is 4.28. The van der Waals surface area contributed by atoms with E-state index in [-0.39, 0.29) is 16.8 Å². The van der Waals surface area contributed by atoms with Crippen molar-refractivity contribution in [1.82, 2.24) is 0 Å². The lowest BCUT2D eigenvalue weighted by Gasteiger charge is -2.11. The molecule has 0 aromatic heterocycles. The maximum atomic E-state index is 12.6. The molecule has 22 heavy (non-hydrogen) atoms. The molecule has 2 aromatic carbocycles. The highest BCUT2D eigenvalue weighted by Gasteiger charge is 2.30. The largest absolute Gasteiger partial charge is 0.416 e. The standard InChI is InChI=1S/C15H11F3N2O2/c16-15(17,18)10-5-3-4-9(8-10)14(22)20-12-7-2-1-6-11(12)13(19)21/h1-8H,(H2,19,21)(H,20,22). The molecule has 0 aliphatic carbocycles. The molecule has 2 aromatic rings. The Balaban J connectivity index is 2.29. The first-order valence-electron chi connectivity index (χ1n) is 6.16. The summed E-state index contributed by atoms with van der Waals surface area (Å²) in [5.74, 6) is -1.51. The SMILES string of the molecule is NC(=O)c1ccccc1NC(=O)c1cccc(C(F)(F)F)c1. The van der Waals surface area contributed by atoms with Crippen LogP contribution in [0.15, 0.2) is 48.5 Å². The van der Waals surface area contributed by atoms with Crippen molar-refractivity contribution in [2.75, 3.05) is 5.32 Å². The minimum absolute atomic E-state index is 0.0721. The number of primary amides is 1. The first-order chi connectivity index (χ1) is 10.3. The number of nitrogens with one attached hydrogen (secondary N) is 1. The predicted molar refractivity (Wildman–Crippen MR) is 74.4 cm³/mol. The van der Waals surface area contributed by atoms with Gasteiger partial charge >= 0.3 is 6.18 Å². The van der Waals surface area contributed by atoms with E-state index in [0.29, 0.717) is 0 Å². The van der Waals surface area contributed by atoms with E-state index < -0.39 is 23.6 Å². The van der Waals surface area contributed by atoms with Crippen LogP contribution in [0.25, 0.3) is 0 Å². The van der Waals surface area contributed by atoms with Gasteiger partial charge in [0, 0.05) is 5.56 Å². The van der Waals surface area contributed by atoms with Gasteiger partial charge in [0.2, 0.25) is 0 Å². The second kappa shape index (κ2) is 5.88. The Morgan fingerprint density at radius 3 is 2.32 bits per heavy atom. The molecule has 2 amide bonds. The van der Waals surface area contributed by atoms with Crippen LogP contribution in [0.3, 0.4) is 0 Å². The molecule has 0 atom stereocenters. The molecule has 0 saturated heterocycles. The van der Waals surface area contributed by atoms with Crippen molar-refractivity contribution in [2.45, 2.75) is 6.18 Å². The van der Waals surface area contributed by atoms with Crippen molar-refractivity contribution in [3.05, 3.63) is 65.2 Å². The Morgan fingerprint density at radius 2 is 1.68 bits per heavy atom. The molecule has 0 spiro atoms. The van der Waals surface area contributed by atoms with Gasteiger partial charge < -0.3 is 11.1 Å². The van der Waals surface area contributed by atoms with Gasteiger partial charge in [0.05, 0.1) is 16.8 Å². The normalized spacial score (nSPS) is 11.0. The molecule has 0 aliphatic heterocycles. The number of nitrogens with two attached hydrogens (primary N) is 1. The lowest BCUT2D eigenvalue weighted by atomic mass is 10.1. The molecule has 0 saturated carbocycles. The van der Waals surface area contributed by atoms with E-state index in [4.69, 9.17) is 5.73 Å². The number of benzene rings is 2. The molecular weight excluding hydrogens is 297 g/mol. The van der Waals surface area contributed by atoms with Gasteiger partial charge in [-0.1, -0.05) is 18.2 Å². The topological polar surface area (TPSA) is 72.2 Å². The molecule has 0 heterocycles. The van der Waals surface area contributed by atoms with E-state index in [2.05, 4.69) is 5.32 Å². The zero-order valence-electron chi connectivity index (χ0n) is 11.1. The molecule has 0 unspecified atom stereocenters. The van der Waals surface area contributed by atoms with Crippen molar-refractivity contribution in [3.63, 3.8) is 0 Å². The highest BCUT2D eigenvalue weighted by molar-refractivity contribution is 6.08. The van der Waals surface area contributed by atoms with E-state index in [0.717, 1.165) is 18.2 Å². The maximum Gasteiger partial charge on any atom is 0.416 e. The molecule has 0 radical (unpaired) electrons. The lowest BCUT2D eigenvalue weighted by molar-refractivity contribution is -0.137. The average molecular weight is 308 g/mol. The number of amides is 2. The van der Waals surface area contributed by atoms with Crippen LogP contribution >= 0.6 is 0 Å². The fourth-order valence-electron chi connectivity index (χ4n) is 1.84. The fraction of sp³-hybridized carbons (Fsp3) is 0.0667. The Kier molecular flexibility index (Phi) is 4.16. The van der Waals surface area contributed by atoms with E-state index in [1.807, 2.05) is 0 Å². The van der Waals surface area contributed by atoms with Gasteiger partial charge in [-0.15, -0.1) is 0 Å². The monoisotopic (exact) mass is 308 g/mol. The summed E-state index contributed by atoms with van der Waals surface area (Å²) in [5, 5.41) is 2.38. The summed E-state index contributed by atoms with van der Waals surface area (Å²) in [6.07, 6.45) is -4.54. The van der Waals surface area contributed by atoms with Crippen LogP contribution < -0.4 is 11.1 Å². The van der Waals surface area contributed by atoms with Gasteiger partial charge in [0.15, 0.2) is 0 Å². The molecule has 2 rings (SSSR count). The van der Waals surface area contributed by atoms with Crippen molar-refractivity contribution >= 4 is 17.5 Å². The summed E-state index contributed by atoms with van der Waals surface area (Å²) in [6, 6.07) is 9.95. The van der Waals surface area contributed by atoms with Crippen LogP contribution in [-0.4, -0.2) is 11.8 Å². The second-order valence-corrected chi connectivity index (χ2v) is 4.44. The van der Waals surface area contributed by atoms with Crippen molar-refractivity contribution in [3.8, 4) is 0 Å². The number of halogens is 3. The quantitative estimate of drug-likeness (QED) is 0.914. The Morgan fingerprint density at radius 1 is 1.00 bits per heavy atom. The number of alkyl halides is 3. The number of hydrogen-bond acceptors (Lipinski definition) is 2. The number of para-hydroxylation sites is 1. The number of hydrogen-bond donors (Lipinski definition) is 2. The molecular formula is C15H11F3N2O2. The fourth-order valence-corrected chi connectivity index (χ4v) is 1.84. The third-order valence-corrected chi connectivity index (χ3v) is 2.89. The predicted octanol–water partition coefficient (Wildman–Crippen LogP) is 3.06. The van der Waals surface area contributed by atoms with Crippen molar-refractivity contribution in [2.24, 2.45) is 5.73 Å². The number of rotatable bonds is 3. The van der Waals surface area contributed by atoms with Crippen LogP contribution in [-0.2, 0) is 6.18 Å². The third-order valence-electron chi connectivity index (χ3n) is 2.89. The van der Waals surface area contributed by atoms with Gasteiger partial charge in [-0.25, -0.2) is 0 Å². The van der Waals surface area contributed by atoms with Gasteiger partial charge in [-0.05, 0) is 30.3 Å². The minimum Gasteiger partial charge on any atom is -0.366 e. The van der Waals surface area contributed by atoms with E-state index >= 15 is 0 Å². The summed E-state index contributed by atoms with van der Waals surface area (Å²) >= 11 is 0. The van der Waals surface area contributed by atoms with E-state index in [9.17, 15) is 22.8 Å². The Hall–Kier alpha value is -2.83. The maximum absolute atomic E-state index is 12.6. The summed E-state index contributed by atoms with van der Waals surface area (Å²) in [7, 11) is 0. The highest BCUT2D eigenvalue weighted by atomic mass is 19.4. The smallest absolute Gasteiger partial charge is 0.366 e. The molecule has 0 fully saturated rings. The highest BCUT2D eigenvalue weighted by Crippen LogP contribution is 2.29. The van der Waals surface area contributed by atoms with E-state index in [1.165, 1.54) is 18.2 Å². The summed E-state index contributed by atoms with van der Waals surface area (Å²) in [6.45, 7) is 0. The van der Waals surface area contributed by atoms with Crippen LogP contribution in [0.4, 0.5) is 18.9 Å². The number of anilines is 1. The van der Waals surface area contributed by atoms with Crippen LogP contribution in [0, 0.1) is 0 Å². The van der Waals surface area contributed by atoms with Gasteiger partial charge in [0.1, 0.15) is 0 Å². The Labute approximate surface area is 123 Å². The van der Waals surface area contributed by atoms with Gasteiger partial charge in [-0.2, -0.15) is 13.2 Å². The van der Waals surface area contributed by atoms with Crippen LogP contribution in [0.5, 0.6) is 0 Å². The zero-order chi connectivity index (χ0) is 16.3. The lowest BCUT2D eigenvalue weighted by Crippen LogP contribution is -2.18. The molecule has 7 heteroatoms. The Bertz CT molecular complexity index is 727. The van der Waals surface area contributed by atoms with Crippen LogP contribution in [0.2, 0.25) is 0 Å². The molecule has 0 aliphatic rings. The first kappa shape index (κ1) is 15.6. The number of carbonyl (C=O) groups excluding carboxylic acids is 2. The third kappa shape index (κ3) is 3.43. The van der Waals surface area contributed by atoms with Crippen molar-refractivity contribution < 1.29 is 22.8 Å². The average Bonchev–Trinajstić information content (AvgIpc) is 2.47. The molecule has 0 bridgehead atoms. The molecule has 4 nitrogen and oxygen atoms in total. The van der Waals surface area contributed by atoms with Gasteiger partial charge in [0.25, 0.3) is 11.8 Å². The summed E-state index contributed by atoms with van der Waals surface area (Å²) in [4.78, 5) is 23.3. The van der Waals surface area contributed by atoms with E-state index in [1.54, 1.807) is 12.1 Å². The van der Waals surface area contributed by atoms with Crippen molar-refractivity contribution in [1.29, 1.82) is 0 Å².